The number of hydrogen-bond acceptors (Lipinski definition) is 2. The molecule has 2 bridgehead atoms. The van der Waals surface area contributed by atoms with Crippen LogP contribution in [0.15, 0.2) is 54.6 Å². The summed E-state index contributed by atoms with van der Waals surface area (Å²) in [5.41, 5.74) is 1.69. The molecule has 0 unspecified atom stereocenters. The van der Waals surface area contributed by atoms with Crippen LogP contribution in [0.3, 0.4) is 0 Å². The summed E-state index contributed by atoms with van der Waals surface area (Å²) in [4.78, 5) is 30.0. The van der Waals surface area contributed by atoms with Gasteiger partial charge in [0.15, 0.2) is 0 Å². The zero-order valence-electron chi connectivity index (χ0n) is 17.5. The van der Waals surface area contributed by atoms with Gasteiger partial charge in [0.2, 0.25) is 5.91 Å². The van der Waals surface area contributed by atoms with E-state index in [2.05, 4.69) is 10.2 Å². The van der Waals surface area contributed by atoms with E-state index in [1.807, 2.05) is 41.3 Å². The molecule has 3 fully saturated rings. The molecule has 2 aromatic rings. The molecule has 0 spiro atoms. The number of urea groups is 1. The molecule has 3 amide bonds. The standard InChI is InChI=1S/C25H28FN3O2/c26-20-7-4-6-17(12-20)13-23-19-14-18(22-10-5-11-24(30)29(22)23)15-28(16-19)25(31)27-21-8-2-1-3-9-21/h1-4,6-9,12,18-19,22-23H,5,10-11,13-16H2,(H,27,31)/t18-,19+,22+,23+/m1/s1. The molecule has 0 radical (unpaired) electrons. The molecular formula is C25H28FN3O2. The number of piperidine rings is 3. The van der Waals surface area contributed by atoms with Crippen LogP contribution in [-0.4, -0.2) is 46.9 Å². The molecule has 2 aromatic carbocycles. The van der Waals surface area contributed by atoms with E-state index < -0.39 is 0 Å². The maximum absolute atomic E-state index is 13.8. The molecule has 31 heavy (non-hydrogen) atoms. The van der Waals surface area contributed by atoms with Crippen LogP contribution in [-0.2, 0) is 11.2 Å². The van der Waals surface area contributed by atoms with E-state index in [1.54, 1.807) is 12.1 Å². The van der Waals surface area contributed by atoms with Gasteiger partial charge < -0.3 is 15.1 Å². The summed E-state index contributed by atoms with van der Waals surface area (Å²) in [7, 11) is 0. The summed E-state index contributed by atoms with van der Waals surface area (Å²) in [5, 5.41) is 3.01. The highest BCUT2D eigenvalue weighted by molar-refractivity contribution is 5.89. The van der Waals surface area contributed by atoms with Crippen molar-refractivity contribution < 1.29 is 14.0 Å². The third-order valence-corrected chi connectivity index (χ3v) is 7.14. The fraction of sp³-hybridized carbons (Fsp3) is 0.440. The minimum atomic E-state index is -0.250. The van der Waals surface area contributed by atoms with Crippen LogP contribution in [0.2, 0.25) is 0 Å². The van der Waals surface area contributed by atoms with Gasteiger partial charge in [-0.1, -0.05) is 30.3 Å². The van der Waals surface area contributed by atoms with Crippen LogP contribution in [0.1, 0.15) is 31.2 Å². The number of para-hydroxylation sites is 1. The van der Waals surface area contributed by atoms with Crippen molar-refractivity contribution in [2.75, 3.05) is 18.4 Å². The Labute approximate surface area is 182 Å². The molecule has 3 aliphatic rings. The van der Waals surface area contributed by atoms with Crippen LogP contribution in [0.4, 0.5) is 14.9 Å². The van der Waals surface area contributed by atoms with E-state index >= 15 is 0 Å². The maximum Gasteiger partial charge on any atom is 0.321 e. The molecule has 0 aliphatic carbocycles. The van der Waals surface area contributed by atoms with Crippen LogP contribution >= 0.6 is 0 Å². The number of halogens is 1. The highest BCUT2D eigenvalue weighted by Crippen LogP contribution is 2.42. The van der Waals surface area contributed by atoms with E-state index in [9.17, 15) is 14.0 Å². The number of carbonyl (C=O) groups excluding carboxylic acids is 2. The van der Waals surface area contributed by atoms with E-state index in [-0.39, 0.29) is 35.8 Å². The lowest BCUT2D eigenvalue weighted by Crippen LogP contribution is -2.66. The zero-order chi connectivity index (χ0) is 21.4. The first-order valence-electron chi connectivity index (χ1n) is 11.2. The summed E-state index contributed by atoms with van der Waals surface area (Å²) in [6.07, 6.45) is 4.13. The van der Waals surface area contributed by atoms with Crippen LogP contribution in [0.25, 0.3) is 0 Å². The Kier molecular flexibility index (Phi) is 5.38. The largest absolute Gasteiger partial charge is 0.336 e. The van der Waals surface area contributed by atoms with Gasteiger partial charge in [-0.3, -0.25) is 4.79 Å². The first-order valence-corrected chi connectivity index (χ1v) is 11.2. The van der Waals surface area contributed by atoms with Crippen LogP contribution in [0, 0.1) is 17.7 Å². The number of anilines is 1. The third kappa shape index (κ3) is 4.03. The number of nitrogens with zero attached hydrogens (tertiary/aromatic N) is 2. The SMILES string of the molecule is O=C(Nc1ccccc1)N1C[C@H]2C[C@@H](C1)[C@H](Cc1cccc(F)c1)N1C(=O)CCC[C@@H]21. The Balaban J connectivity index is 1.39. The Bertz CT molecular complexity index is 966. The number of rotatable bonds is 3. The van der Waals surface area contributed by atoms with Crippen molar-refractivity contribution in [2.24, 2.45) is 11.8 Å². The number of amides is 3. The molecule has 3 aliphatic heterocycles. The fourth-order valence-corrected chi connectivity index (χ4v) is 5.83. The molecular weight excluding hydrogens is 393 g/mol. The van der Waals surface area contributed by atoms with Gasteiger partial charge in [0.25, 0.3) is 0 Å². The lowest BCUT2D eigenvalue weighted by Gasteiger charge is -2.56. The first-order chi connectivity index (χ1) is 15.1. The lowest BCUT2D eigenvalue weighted by atomic mass is 9.71. The molecule has 5 nitrogen and oxygen atoms in total. The molecule has 0 saturated carbocycles. The van der Waals surface area contributed by atoms with Crippen LogP contribution < -0.4 is 5.32 Å². The van der Waals surface area contributed by atoms with Gasteiger partial charge in [-0.2, -0.15) is 0 Å². The summed E-state index contributed by atoms with van der Waals surface area (Å²) in [6.45, 7) is 1.29. The van der Waals surface area contributed by atoms with Gasteiger partial charge in [0.1, 0.15) is 5.82 Å². The smallest absolute Gasteiger partial charge is 0.321 e. The van der Waals surface area contributed by atoms with Crippen molar-refractivity contribution in [3.63, 3.8) is 0 Å². The topological polar surface area (TPSA) is 52.7 Å². The molecule has 6 heteroatoms. The van der Waals surface area contributed by atoms with Crippen molar-refractivity contribution in [1.82, 2.24) is 9.80 Å². The molecule has 0 aromatic heterocycles. The van der Waals surface area contributed by atoms with Gasteiger partial charge in [0.05, 0.1) is 0 Å². The number of carbonyl (C=O) groups is 2. The first kappa shape index (κ1) is 20.0. The fourth-order valence-electron chi connectivity index (χ4n) is 5.83. The Hall–Kier alpha value is -2.89. The highest BCUT2D eigenvalue weighted by Gasteiger charge is 2.49. The van der Waals surface area contributed by atoms with E-state index in [4.69, 9.17) is 0 Å². The number of likely N-dealkylation sites (tertiary alicyclic amines) is 1. The minimum absolute atomic E-state index is 0.00294. The molecule has 1 N–H and O–H groups in total. The average molecular weight is 422 g/mol. The number of benzene rings is 2. The van der Waals surface area contributed by atoms with E-state index in [0.29, 0.717) is 31.8 Å². The molecule has 3 heterocycles. The van der Waals surface area contributed by atoms with Gasteiger partial charge >= 0.3 is 6.03 Å². The van der Waals surface area contributed by atoms with Crippen molar-refractivity contribution in [1.29, 1.82) is 0 Å². The van der Waals surface area contributed by atoms with Crippen molar-refractivity contribution >= 4 is 17.6 Å². The summed E-state index contributed by atoms with van der Waals surface area (Å²) in [6, 6.07) is 16.3. The maximum atomic E-state index is 13.8. The highest BCUT2D eigenvalue weighted by atomic mass is 19.1. The third-order valence-electron chi connectivity index (χ3n) is 7.14. The summed E-state index contributed by atoms with van der Waals surface area (Å²) >= 11 is 0. The molecule has 162 valence electrons. The van der Waals surface area contributed by atoms with Gasteiger partial charge in [-0.25, -0.2) is 9.18 Å². The number of fused-ring (bicyclic) bond motifs is 4. The lowest BCUT2D eigenvalue weighted by molar-refractivity contribution is -0.151. The molecule has 5 rings (SSSR count). The summed E-state index contributed by atoms with van der Waals surface area (Å²) < 4.78 is 13.8. The Morgan fingerprint density at radius 1 is 1.06 bits per heavy atom. The van der Waals surface area contributed by atoms with E-state index in [1.165, 1.54) is 6.07 Å². The van der Waals surface area contributed by atoms with Crippen molar-refractivity contribution in [2.45, 2.75) is 44.2 Å². The van der Waals surface area contributed by atoms with Gasteiger partial charge in [0, 0.05) is 37.3 Å². The van der Waals surface area contributed by atoms with Crippen molar-refractivity contribution in [3.8, 4) is 0 Å². The second-order valence-corrected chi connectivity index (χ2v) is 9.12. The van der Waals surface area contributed by atoms with E-state index in [0.717, 1.165) is 30.5 Å². The monoisotopic (exact) mass is 421 g/mol. The number of hydrogen-bond donors (Lipinski definition) is 1. The molecule has 4 atom stereocenters. The zero-order valence-corrected chi connectivity index (χ0v) is 17.5. The molecule has 3 saturated heterocycles. The predicted octanol–water partition coefficient (Wildman–Crippen LogP) is 4.30. The quantitative estimate of drug-likeness (QED) is 0.803. The minimum Gasteiger partial charge on any atom is -0.336 e. The average Bonchev–Trinajstić information content (AvgIpc) is 2.77. The van der Waals surface area contributed by atoms with Crippen LogP contribution in [0.5, 0.6) is 0 Å². The number of nitrogens with one attached hydrogen (secondary N) is 1. The predicted molar refractivity (Wildman–Crippen MR) is 117 cm³/mol. The Morgan fingerprint density at radius 3 is 2.68 bits per heavy atom. The van der Waals surface area contributed by atoms with Crippen molar-refractivity contribution in [3.05, 3.63) is 66.0 Å². The normalized spacial score (nSPS) is 27.6. The second kappa shape index (κ2) is 8.33. The second-order valence-electron chi connectivity index (χ2n) is 9.12. The summed E-state index contributed by atoms with van der Waals surface area (Å²) in [5.74, 6) is 0.463. The van der Waals surface area contributed by atoms with Gasteiger partial charge in [-0.05, 0) is 67.3 Å². The van der Waals surface area contributed by atoms with Gasteiger partial charge in [-0.15, -0.1) is 0 Å². The Morgan fingerprint density at radius 2 is 1.87 bits per heavy atom.